The normalized spacial score (nSPS) is 14.9. The first-order chi connectivity index (χ1) is 16.6. The molecule has 2 aromatic rings. The van der Waals surface area contributed by atoms with Gasteiger partial charge in [-0.1, -0.05) is 60.9 Å². The first-order valence-corrected chi connectivity index (χ1v) is 14.2. The van der Waals surface area contributed by atoms with Gasteiger partial charge in [-0.2, -0.15) is 0 Å². The largest absolute Gasteiger partial charge is 0.352 e. The van der Waals surface area contributed by atoms with Crippen molar-refractivity contribution in [2.45, 2.75) is 71.0 Å². The highest BCUT2D eigenvalue weighted by Gasteiger charge is 2.28. The number of hydrogen-bond donors (Lipinski definition) is 1. The highest BCUT2D eigenvalue weighted by atomic mass is 32.2. The second kappa shape index (κ2) is 12.2. The fourth-order valence-electron chi connectivity index (χ4n) is 4.46. The molecule has 2 aromatic carbocycles. The van der Waals surface area contributed by atoms with Gasteiger partial charge in [-0.15, -0.1) is 0 Å². The Balaban J connectivity index is 1.69. The maximum absolute atomic E-state index is 13.3. The van der Waals surface area contributed by atoms with Gasteiger partial charge in [-0.3, -0.25) is 13.9 Å². The van der Waals surface area contributed by atoms with E-state index < -0.39 is 16.1 Å². The molecule has 0 aromatic heterocycles. The molecule has 0 saturated heterocycles. The van der Waals surface area contributed by atoms with Crippen LogP contribution >= 0.6 is 0 Å². The Bertz CT molecular complexity index is 1080. The lowest BCUT2D eigenvalue weighted by molar-refractivity contribution is -0.141. The van der Waals surface area contributed by atoms with Gasteiger partial charge in [0.15, 0.2) is 0 Å². The maximum atomic E-state index is 13.3. The molecular weight excluding hydrogens is 462 g/mol. The molecule has 0 unspecified atom stereocenters. The van der Waals surface area contributed by atoms with Crippen LogP contribution in [0.2, 0.25) is 0 Å². The van der Waals surface area contributed by atoms with E-state index >= 15 is 0 Å². The summed E-state index contributed by atoms with van der Waals surface area (Å²) in [5, 5.41) is 3.10. The molecule has 1 atom stereocenters. The number of rotatable bonds is 11. The monoisotopic (exact) mass is 499 g/mol. The van der Waals surface area contributed by atoms with E-state index in [1.165, 1.54) is 10.6 Å². The van der Waals surface area contributed by atoms with Crippen molar-refractivity contribution >= 4 is 27.5 Å². The lowest BCUT2D eigenvalue weighted by Crippen LogP contribution is -2.49. The van der Waals surface area contributed by atoms with Crippen molar-refractivity contribution < 1.29 is 18.0 Å². The van der Waals surface area contributed by atoms with Crippen molar-refractivity contribution in [2.75, 3.05) is 17.1 Å². The minimum Gasteiger partial charge on any atom is -0.352 e. The van der Waals surface area contributed by atoms with E-state index in [1.807, 2.05) is 37.3 Å². The summed E-state index contributed by atoms with van der Waals surface area (Å²) in [6.07, 6.45) is 5.85. The van der Waals surface area contributed by atoms with E-state index in [0.717, 1.165) is 36.8 Å². The molecule has 0 bridgehead atoms. The summed E-state index contributed by atoms with van der Waals surface area (Å²) in [5.74, 6) is -0.305. The molecule has 1 N–H and O–H groups in total. The fourth-order valence-corrected chi connectivity index (χ4v) is 5.43. The Morgan fingerprint density at radius 2 is 1.66 bits per heavy atom. The number of para-hydroxylation sites is 1. The van der Waals surface area contributed by atoms with E-state index in [-0.39, 0.29) is 30.8 Å². The highest BCUT2D eigenvalue weighted by Crippen LogP contribution is 2.20. The van der Waals surface area contributed by atoms with Gasteiger partial charge in [-0.25, -0.2) is 8.42 Å². The second-order valence-corrected chi connectivity index (χ2v) is 11.4. The predicted molar refractivity (Wildman–Crippen MR) is 139 cm³/mol. The van der Waals surface area contributed by atoms with Crippen LogP contribution in [0.25, 0.3) is 0 Å². The lowest BCUT2D eigenvalue weighted by Gasteiger charge is -2.30. The zero-order valence-corrected chi connectivity index (χ0v) is 21.8. The third kappa shape index (κ3) is 7.82. The number of nitrogens with zero attached hydrogens (tertiary/aromatic N) is 2. The molecule has 1 aliphatic carbocycles. The lowest BCUT2D eigenvalue weighted by atomic mass is 10.1. The average molecular weight is 500 g/mol. The number of nitrogens with one attached hydrogen (secondary N) is 1. The van der Waals surface area contributed by atoms with Crippen molar-refractivity contribution in [1.29, 1.82) is 0 Å². The molecule has 0 spiro atoms. The molecule has 35 heavy (non-hydrogen) atoms. The summed E-state index contributed by atoms with van der Waals surface area (Å²) in [6.45, 7) is 4.29. The van der Waals surface area contributed by atoms with Crippen molar-refractivity contribution in [3.8, 4) is 0 Å². The van der Waals surface area contributed by atoms with Gasteiger partial charge in [0, 0.05) is 25.6 Å². The van der Waals surface area contributed by atoms with E-state index in [1.54, 1.807) is 36.1 Å². The summed E-state index contributed by atoms with van der Waals surface area (Å²) >= 11 is 0. The van der Waals surface area contributed by atoms with Crippen molar-refractivity contribution in [3.05, 3.63) is 65.7 Å². The number of anilines is 1. The van der Waals surface area contributed by atoms with Crippen LogP contribution in [0.3, 0.4) is 0 Å². The van der Waals surface area contributed by atoms with Crippen LogP contribution in [0.1, 0.15) is 56.6 Å². The maximum Gasteiger partial charge on any atom is 0.242 e. The first-order valence-electron chi connectivity index (χ1n) is 12.3. The number of carbonyl (C=O) groups excluding carboxylic acids is 2. The Hall–Kier alpha value is -2.87. The molecule has 7 nitrogen and oxygen atoms in total. The van der Waals surface area contributed by atoms with Crippen LogP contribution < -0.4 is 9.62 Å². The van der Waals surface area contributed by atoms with Gasteiger partial charge in [0.25, 0.3) is 0 Å². The van der Waals surface area contributed by atoms with Crippen LogP contribution in [-0.4, -0.2) is 50.0 Å². The summed E-state index contributed by atoms with van der Waals surface area (Å²) in [4.78, 5) is 28.0. The quantitative estimate of drug-likeness (QED) is 0.506. The summed E-state index contributed by atoms with van der Waals surface area (Å²) in [6, 6.07) is 16.4. The molecule has 2 amide bonds. The van der Waals surface area contributed by atoms with Crippen molar-refractivity contribution in [3.63, 3.8) is 0 Å². The van der Waals surface area contributed by atoms with E-state index in [9.17, 15) is 18.0 Å². The standard InChI is InChI=1S/C27H37N3O4S/c1-21-15-17-23(18-16-21)20-29(22(2)27(32)28-24-10-7-8-11-24)26(31)14-9-19-30(35(3,33)34)25-12-5-4-6-13-25/h4-6,12-13,15-18,22,24H,7-11,14,19-20H2,1-3H3,(H,28,32)/t22-/m0/s1. The number of aryl methyl sites for hydroxylation is 1. The van der Waals surface area contributed by atoms with Crippen molar-refractivity contribution in [2.24, 2.45) is 0 Å². The molecular formula is C27H37N3O4S. The topological polar surface area (TPSA) is 86.8 Å². The van der Waals surface area contributed by atoms with Gasteiger partial charge < -0.3 is 10.2 Å². The van der Waals surface area contributed by atoms with E-state index in [4.69, 9.17) is 0 Å². The first kappa shape index (κ1) is 26.7. The van der Waals surface area contributed by atoms with Crippen LogP contribution in [-0.2, 0) is 26.2 Å². The fraction of sp³-hybridized carbons (Fsp3) is 0.481. The van der Waals surface area contributed by atoms with Gasteiger partial charge in [0.05, 0.1) is 11.9 Å². The summed E-state index contributed by atoms with van der Waals surface area (Å²) < 4.78 is 26.0. The molecule has 0 heterocycles. The Kier molecular flexibility index (Phi) is 9.32. The van der Waals surface area contributed by atoms with Gasteiger partial charge >= 0.3 is 0 Å². The minimum absolute atomic E-state index is 0.139. The van der Waals surface area contributed by atoms with Gasteiger partial charge in [0.2, 0.25) is 21.8 Å². The third-order valence-electron chi connectivity index (χ3n) is 6.54. The molecule has 190 valence electrons. The third-order valence-corrected chi connectivity index (χ3v) is 7.73. The zero-order chi connectivity index (χ0) is 25.4. The van der Waals surface area contributed by atoms with Crippen LogP contribution in [0, 0.1) is 6.92 Å². The molecule has 0 radical (unpaired) electrons. The second-order valence-electron chi connectivity index (χ2n) is 9.45. The van der Waals surface area contributed by atoms with Crippen LogP contribution in [0.4, 0.5) is 5.69 Å². The highest BCUT2D eigenvalue weighted by molar-refractivity contribution is 7.92. The Labute approximate surface area is 209 Å². The Morgan fingerprint density at radius 3 is 2.26 bits per heavy atom. The van der Waals surface area contributed by atoms with E-state index in [2.05, 4.69) is 5.32 Å². The molecule has 0 aliphatic heterocycles. The number of carbonyl (C=O) groups is 2. The smallest absolute Gasteiger partial charge is 0.242 e. The van der Waals surface area contributed by atoms with Crippen molar-refractivity contribution in [1.82, 2.24) is 10.2 Å². The van der Waals surface area contributed by atoms with Gasteiger partial charge in [-0.05, 0) is 50.8 Å². The van der Waals surface area contributed by atoms with E-state index in [0.29, 0.717) is 18.7 Å². The number of benzene rings is 2. The molecule has 8 heteroatoms. The summed E-state index contributed by atoms with van der Waals surface area (Å²) in [7, 11) is -3.49. The summed E-state index contributed by atoms with van der Waals surface area (Å²) in [5.41, 5.74) is 2.65. The molecule has 3 rings (SSSR count). The molecule has 1 aliphatic rings. The molecule has 1 saturated carbocycles. The number of hydrogen-bond acceptors (Lipinski definition) is 4. The zero-order valence-electron chi connectivity index (χ0n) is 20.9. The predicted octanol–water partition coefficient (Wildman–Crippen LogP) is 4.02. The van der Waals surface area contributed by atoms with Crippen LogP contribution in [0.5, 0.6) is 0 Å². The van der Waals surface area contributed by atoms with Crippen LogP contribution in [0.15, 0.2) is 54.6 Å². The molecule has 1 fully saturated rings. The van der Waals surface area contributed by atoms with Gasteiger partial charge in [0.1, 0.15) is 6.04 Å². The average Bonchev–Trinajstić information content (AvgIpc) is 3.33. The number of sulfonamides is 1. The minimum atomic E-state index is -3.49. The SMILES string of the molecule is Cc1ccc(CN(C(=O)CCCN(c2ccccc2)S(C)(=O)=O)[C@@H](C)C(=O)NC2CCCC2)cc1. The Morgan fingerprint density at radius 1 is 1.03 bits per heavy atom. The number of amides is 2.